The number of benzene rings is 1. The van der Waals surface area contributed by atoms with Crippen molar-refractivity contribution in [1.29, 1.82) is 0 Å². The Hall–Kier alpha value is -2.17. The molecule has 1 aromatic carbocycles. The predicted octanol–water partition coefficient (Wildman–Crippen LogP) is 1.48. The summed E-state index contributed by atoms with van der Waals surface area (Å²) in [5.41, 5.74) is 0.639. The van der Waals surface area contributed by atoms with Gasteiger partial charge in [-0.2, -0.15) is 0 Å². The first-order valence-corrected chi connectivity index (χ1v) is 11.0. The van der Waals surface area contributed by atoms with Gasteiger partial charge < -0.3 is 14.4 Å². The number of fused-ring (bicyclic) bond motifs is 1. The van der Waals surface area contributed by atoms with E-state index in [0.29, 0.717) is 41.7 Å². The van der Waals surface area contributed by atoms with Crippen LogP contribution in [0.3, 0.4) is 0 Å². The number of sulfone groups is 1. The third kappa shape index (κ3) is 4.57. The number of carbonyl (C=O) groups excluding carboxylic acids is 1. The molecule has 1 aliphatic heterocycles. The Labute approximate surface area is 161 Å². The summed E-state index contributed by atoms with van der Waals surface area (Å²) < 4.78 is 34.9. The van der Waals surface area contributed by atoms with E-state index in [4.69, 9.17) is 9.47 Å². The highest BCUT2D eigenvalue weighted by atomic mass is 32.2. The summed E-state index contributed by atoms with van der Waals surface area (Å²) in [6.07, 6.45) is 2.49. The summed E-state index contributed by atoms with van der Waals surface area (Å²) in [5, 5.41) is 0.484. The number of thiazole rings is 1. The molecule has 0 unspecified atom stereocenters. The van der Waals surface area contributed by atoms with Crippen molar-refractivity contribution in [2.75, 3.05) is 51.6 Å². The van der Waals surface area contributed by atoms with E-state index in [0.717, 1.165) is 6.26 Å². The van der Waals surface area contributed by atoms with Gasteiger partial charge in [0.1, 0.15) is 19.5 Å². The highest BCUT2D eigenvalue weighted by Gasteiger charge is 2.26. The van der Waals surface area contributed by atoms with Gasteiger partial charge in [-0.25, -0.2) is 13.4 Å². The fraction of sp³-hybridized carbons (Fsp3) is 0.412. The molecule has 0 radical (unpaired) electrons. The molecule has 3 rings (SSSR count). The number of hydrogen-bond acceptors (Lipinski definition) is 8. The van der Waals surface area contributed by atoms with E-state index in [9.17, 15) is 13.2 Å². The molecule has 2 heterocycles. The second-order valence-electron chi connectivity index (χ2n) is 6.36. The second-order valence-corrected chi connectivity index (χ2v) is 9.38. The lowest BCUT2D eigenvalue weighted by molar-refractivity contribution is -0.119. The van der Waals surface area contributed by atoms with E-state index >= 15 is 0 Å². The first kappa shape index (κ1) is 19.6. The number of likely N-dealkylation sites (N-methyl/N-ethyl adjacent to an activating group) is 1. The molecule has 8 nitrogen and oxygen atoms in total. The smallest absolute Gasteiger partial charge is 0.298 e. The number of nitrogens with zero attached hydrogens (tertiary/aromatic N) is 3. The van der Waals surface area contributed by atoms with E-state index in [1.807, 2.05) is 19.0 Å². The molecule has 0 saturated heterocycles. The first-order valence-electron chi connectivity index (χ1n) is 8.27. The molecule has 0 aliphatic carbocycles. The van der Waals surface area contributed by atoms with Crippen LogP contribution in [0, 0.1) is 0 Å². The highest BCUT2D eigenvalue weighted by Crippen LogP contribution is 2.31. The molecule has 10 heteroatoms. The van der Waals surface area contributed by atoms with Gasteiger partial charge in [-0.1, -0.05) is 11.3 Å². The molecule has 146 valence electrons. The maximum atomic E-state index is 12.9. The van der Waals surface area contributed by atoms with Crippen LogP contribution in [0.15, 0.2) is 35.1 Å². The molecule has 2 aromatic rings. The Morgan fingerprint density at radius 1 is 1.26 bits per heavy atom. The maximum absolute atomic E-state index is 12.9. The predicted molar refractivity (Wildman–Crippen MR) is 104 cm³/mol. The van der Waals surface area contributed by atoms with Crippen LogP contribution in [0.4, 0.5) is 5.13 Å². The van der Waals surface area contributed by atoms with Crippen LogP contribution in [-0.4, -0.2) is 70.9 Å². The zero-order valence-corrected chi connectivity index (χ0v) is 17.0. The monoisotopic (exact) mass is 411 g/mol. The number of anilines is 1. The van der Waals surface area contributed by atoms with Crippen LogP contribution in [0.2, 0.25) is 0 Å². The van der Waals surface area contributed by atoms with E-state index in [-0.39, 0.29) is 16.6 Å². The third-order valence-corrected chi connectivity index (χ3v) is 6.03. The summed E-state index contributed by atoms with van der Waals surface area (Å²) >= 11 is 1.27. The fourth-order valence-corrected chi connectivity index (χ4v) is 4.19. The Morgan fingerprint density at radius 3 is 2.67 bits per heavy atom. The lowest BCUT2D eigenvalue weighted by atomic mass is 10.3. The molecular weight excluding hydrogens is 390 g/mol. The van der Waals surface area contributed by atoms with E-state index < -0.39 is 9.84 Å². The van der Waals surface area contributed by atoms with Crippen molar-refractivity contribution in [3.63, 3.8) is 0 Å². The van der Waals surface area contributed by atoms with Crippen molar-refractivity contribution < 1.29 is 22.7 Å². The summed E-state index contributed by atoms with van der Waals surface area (Å²) in [5.74, 6) is -0.199. The fourth-order valence-electron chi connectivity index (χ4n) is 2.44. The van der Waals surface area contributed by atoms with Crippen molar-refractivity contribution in [3.05, 3.63) is 30.2 Å². The second kappa shape index (κ2) is 7.83. The number of aromatic nitrogens is 1. The number of carbonyl (C=O) groups is 1. The van der Waals surface area contributed by atoms with Gasteiger partial charge in [0.15, 0.2) is 15.0 Å². The Balaban J connectivity index is 1.97. The van der Waals surface area contributed by atoms with E-state index in [1.54, 1.807) is 12.1 Å². The van der Waals surface area contributed by atoms with Crippen LogP contribution >= 0.6 is 11.3 Å². The van der Waals surface area contributed by atoms with Gasteiger partial charge in [0.05, 0.1) is 15.1 Å². The van der Waals surface area contributed by atoms with Gasteiger partial charge in [-0.15, -0.1) is 0 Å². The number of hydrogen-bond donors (Lipinski definition) is 0. The van der Waals surface area contributed by atoms with Crippen molar-refractivity contribution in [1.82, 2.24) is 9.88 Å². The quantitative estimate of drug-likeness (QED) is 0.711. The average molecular weight is 412 g/mol. The van der Waals surface area contributed by atoms with Crippen LogP contribution < -0.4 is 4.90 Å². The summed E-state index contributed by atoms with van der Waals surface area (Å²) in [7, 11) is 0.517. The molecule has 0 bridgehead atoms. The third-order valence-electron chi connectivity index (χ3n) is 3.88. The van der Waals surface area contributed by atoms with Gasteiger partial charge in [0.25, 0.3) is 5.91 Å². The van der Waals surface area contributed by atoms with Crippen molar-refractivity contribution >= 4 is 42.4 Å². The van der Waals surface area contributed by atoms with Gasteiger partial charge in [0.2, 0.25) is 5.76 Å². The van der Waals surface area contributed by atoms with Crippen molar-refractivity contribution in [2.24, 2.45) is 0 Å². The molecule has 0 spiro atoms. The number of amides is 1. The van der Waals surface area contributed by atoms with Crippen LogP contribution in [0.25, 0.3) is 10.2 Å². The lowest BCUT2D eigenvalue weighted by Gasteiger charge is -2.24. The zero-order chi connectivity index (χ0) is 19.6. The minimum Gasteiger partial charge on any atom is -0.494 e. The number of rotatable bonds is 6. The Bertz CT molecular complexity index is 982. The summed E-state index contributed by atoms with van der Waals surface area (Å²) in [6.45, 7) is 1.76. The molecular formula is C17H21N3O5S2. The molecule has 0 N–H and O–H groups in total. The maximum Gasteiger partial charge on any atom is 0.298 e. The van der Waals surface area contributed by atoms with E-state index in [2.05, 4.69) is 4.98 Å². The average Bonchev–Trinajstić information content (AvgIpc) is 3.04. The SMILES string of the molecule is CN(C)CCN(C(=O)C1=COCCO1)c1nc2ccc(S(C)(=O)=O)cc2s1. The summed E-state index contributed by atoms with van der Waals surface area (Å²) in [6, 6.07) is 4.76. The van der Waals surface area contributed by atoms with Crippen molar-refractivity contribution in [3.8, 4) is 0 Å². The Kier molecular flexibility index (Phi) is 5.68. The Morgan fingerprint density at radius 2 is 2.04 bits per heavy atom. The van der Waals surface area contributed by atoms with Gasteiger partial charge in [-0.05, 0) is 32.3 Å². The van der Waals surface area contributed by atoms with Gasteiger partial charge in [0, 0.05) is 19.3 Å². The highest BCUT2D eigenvalue weighted by molar-refractivity contribution is 7.90. The first-order chi connectivity index (χ1) is 12.8. The number of ether oxygens (including phenoxy) is 2. The molecule has 27 heavy (non-hydrogen) atoms. The largest absolute Gasteiger partial charge is 0.494 e. The minimum absolute atomic E-state index is 0.135. The van der Waals surface area contributed by atoms with Crippen LogP contribution in [0.1, 0.15) is 0 Å². The standard InChI is InChI=1S/C17H21N3O5S2/c1-19(2)6-7-20(16(21)14-11-24-8-9-25-14)17-18-13-5-4-12(27(3,22)23)10-15(13)26-17/h4-5,10-11H,6-9H2,1-3H3. The van der Waals surface area contributed by atoms with Crippen molar-refractivity contribution in [2.45, 2.75) is 4.90 Å². The van der Waals surface area contributed by atoms with Crippen LogP contribution in [0.5, 0.6) is 0 Å². The zero-order valence-electron chi connectivity index (χ0n) is 15.3. The topological polar surface area (TPSA) is 89.0 Å². The van der Waals surface area contributed by atoms with Crippen LogP contribution in [-0.2, 0) is 24.1 Å². The normalized spacial score (nSPS) is 14.6. The molecule has 0 saturated carbocycles. The lowest BCUT2D eigenvalue weighted by Crippen LogP contribution is -2.38. The molecule has 1 aliphatic rings. The minimum atomic E-state index is -3.31. The molecule has 1 aromatic heterocycles. The van der Waals surface area contributed by atoms with Gasteiger partial charge >= 0.3 is 0 Å². The molecule has 0 atom stereocenters. The van der Waals surface area contributed by atoms with E-state index in [1.165, 1.54) is 28.6 Å². The summed E-state index contributed by atoms with van der Waals surface area (Å²) in [4.78, 5) is 21.2. The molecule has 0 fully saturated rings. The van der Waals surface area contributed by atoms with Gasteiger partial charge in [-0.3, -0.25) is 9.69 Å². The molecule has 1 amide bonds.